The molecular formula is C62H39NO. The molecule has 2 nitrogen and oxygen atoms in total. The summed E-state index contributed by atoms with van der Waals surface area (Å²) in [6, 6.07) is 86.1. The summed E-state index contributed by atoms with van der Waals surface area (Å²) in [5.74, 6) is 0. The monoisotopic (exact) mass is 813 g/mol. The summed E-state index contributed by atoms with van der Waals surface area (Å²) in [4.78, 5) is 2.38. The maximum Gasteiger partial charge on any atom is 0.143 e. The van der Waals surface area contributed by atoms with Gasteiger partial charge in [0.05, 0.1) is 0 Å². The Balaban J connectivity index is 1.02. The van der Waals surface area contributed by atoms with Gasteiger partial charge < -0.3 is 9.32 Å². The number of anilines is 3. The van der Waals surface area contributed by atoms with Crippen LogP contribution in [-0.2, 0) is 0 Å². The van der Waals surface area contributed by atoms with Crippen LogP contribution in [0.1, 0.15) is 0 Å². The van der Waals surface area contributed by atoms with Crippen LogP contribution in [-0.4, -0.2) is 0 Å². The molecule has 0 aliphatic heterocycles. The first-order valence-corrected chi connectivity index (χ1v) is 22.0. The van der Waals surface area contributed by atoms with E-state index in [0.29, 0.717) is 0 Å². The maximum atomic E-state index is 6.77. The third-order valence-corrected chi connectivity index (χ3v) is 13.2. The normalized spacial score (nSPS) is 11.8. The van der Waals surface area contributed by atoms with E-state index < -0.39 is 0 Å². The van der Waals surface area contributed by atoms with E-state index in [9.17, 15) is 0 Å². The second-order valence-electron chi connectivity index (χ2n) is 16.8. The average molecular weight is 814 g/mol. The smallest absolute Gasteiger partial charge is 0.143 e. The zero-order valence-electron chi connectivity index (χ0n) is 34.9. The molecule has 13 rings (SSSR count). The van der Waals surface area contributed by atoms with Crippen LogP contribution in [0.4, 0.5) is 17.1 Å². The second kappa shape index (κ2) is 14.6. The third kappa shape index (κ3) is 5.81. The van der Waals surface area contributed by atoms with Gasteiger partial charge in [0.1, 0.15) is 11.2 Å². The molecule has 12 aromatic carbocycles. The first-order valence-electron chi connectivity index (χ1n) is 22.0. The van der Waals surface area contributed by atoms with Crippen molar-refractivity contribution in [1.29, 1.82) is 0 Å². The first-order chi connectivity index (χ1) is 31.7. The molecule has 64 heavy (non-hydrogen) atoms. The lowest BCUT2D eigenvalue weighted by atomic mass is 9.84. The molecule has 0 atom stereocenters. The Bertz CT molecular complexity index is 3960. The fourth-order valence-electron chi connectivity index (χ4n) is 10.2. The Morgan fingerprint density at radius 1 is 0.250 bits per heavy atom. The minimum absolute atomic E-state index is 0.862. The van der Waals surface area contributed by atoms with Crippen molar-refractivity contribution in [2.24, 2.45) is 0 Å². The molecule has 0 saturated carbocycles. The number of rotatable bonds is 6. The number of nitrogens with zero attached hydrogens (tertiary/aromatic N) is 1. The maximum absolute atomic E-state index is 6.77. The molecule has 1 heterocycles. The highest BCUT2D eigenvalue weighted by atomic mass is 16.3. The SMILES string of the molecule is c1ccc(-c2c(-c3ccccc3)c3cc(-c4cccc(N(c5ccc6c(ccc7ccccc76)c5)c5ccc6c(c5)oc5c7ccccc7ccc65)c4)ccc3c3ccccc23)cc1. The summed E-state index contributed by atoms with van der Waals surface area (Å²) >= 11 is 0. The van der Waals surface area contributed by atoms with Crippen LogP contribution in [0.25, 0.3) is 109 Å². The second-order valence-corrected chi connectivity index (χ2v) is 16.8. The van der Waals surface area contributed by atoms with E-state index in [1.54, 1.807) is 0 Å². The van der Waals surface area contributed by atoms with Gasteiger partial charge in [0.2, 0.25) is 0 Å². The summed E-state index contributed by atoms with van der Waals surface area (Å²) < 4.78 is 6.77. The van der Waals surface area contributed by atoms with Gasteiger partial charge in [0.15, 0.2) is 0 Å². The van der Waals surface area contributed by atoms with E-state index in [1.165, 1.54) is 70.7 Å². The van der Waals surface area contributed by atoms with E-state index in [0.717, 1.165) is 55.5 Å². The zero-order chi connectivity index (χ0) is 42.1. The van der Waals surface area contributed by atoms with Crippen molar-refractivity contribution >= 4 is 92.9 Å². The van der Waals surface area contributed by atoms with Gasteiger partial charge in [-0.3, -0.25) is 0 Å². The molecule has 298 valence electrons. The third-order valence-electron chi connectivity index (χ3n) is 13.2. The lowest BCUT2D eigenvalue weighted by Crippen LogP contribution is -2.10. The number of hydrogen-bond donors (Lipinski definition) is 0. The average Bonchev–Trinajstić information content (AvgIpc) is 3.75. The highest BCUT2D eigenvalue weighted by molar-refractivity contribution is 6.22. The lowest BCUT2D eigenvalue weighted by molar-refractivity contribution is 0.672. The van der Waals surface area contributed by atoms with Gasteiger partial charge in [-0.05, 0) is 130 Å². The highest BCUT2D eigenvalue weighted by Gasteiger charge is 2.21. The van der Waals surface area contributed by atoms with Gasteiger partial charge in [-0.15, -0.1) is 0 Å². The van der Waals surface area contributed by atoms with E-state index in [-0.39, 0.29) is 0 Å². The largest absolute Gasteiger partial charge is 0.455 e. The van der Waals surface area contributed by atoms with Crippen molar-refractivity contribution in [3.05, 3.63) is 237 Å². The van der Waals surface area contributed by atoms with Crippen LogP contribution in [0, 0.1) is 0 Å². The van der Waals surface area contributed by atoms with Crippen LogP contribution in [0.15, 0.2) is 241 Å². The molecule has 0 radical (unpaired) electrons. The molecule has 2 heteroatoms. The summed E-state index contributed by atoms with van der Waals surface area (Å²) in [6.07, 6.45) is 0. The predicted octanol–water partition coefficient (Wildman–Crippen LogP) is 17.8. The molecule has 0 unspecified atom stereocenters. The fraction of sp³-hybridized carbons (Fsp3) is 0. The predicted molar refractivity (Wildman–Crippen MR) is 272 cm³/mol. The summed E-state index contributed by atoms with van der Waals surface area (Å²) in [6.45, 7) is 0. The molecular weight excluding hydrogens is 775 g/mol. The number of benzene rings is 12. The van der Waals surface area contributed by atoms with Gasteiger partial charge >= 0.3 is 0 Å². The molecule has 0 aliphatic carbocycles. The Labute approximate surface area is 370 Å². The van der Waals surface area contributed by atoms with E-state index in [1.807, 2.05) is 0 Å². The number of hydrogen-bond acceptors (Lipinski definition) is 2. The number of furan rings is 1. The molecule has 13 aromatic rings. The number of fused-ring (bicyclic) bond motifs is 11. The standard InChI is InChI=1S/C62H39NO/c1-3-16-42(17-4-1)60-56-25-12-11-24-53(56)54-32-29-45(38-58(54)61(60)43-18-5-2-6-19-43)44-20-13-21-47(36-44)63(48-30-34-51-46(37-48)27-26-40-14-7-9-22-50(40)51)49-31-35-55-57-33-28-41-15-8-10-23-52(41)62(57)64-59(55)39-49/h1-39H. The minimum Gasteiger partial charge on any atom is -0.455 e. The van der Waals surface area contributed by atoms with Crippen LogP contribution in [0.3, 0.4) is 0 Å². The van der Waals surface area contributed by atoms with Gasteiger partial charge in [0, 0.05) is 39.3 Å². The van der Waals surface area contributed by atoms with Crippen LogP contribution in [0.2, 0.25) is 0 Å². The highest BCUT2D eigenvalue weighted by Crippen LogP contribution is 2.47. The molecule has 1 aromatic heterocycles. The minimum atomic E-state index is 0.862. The summed E-state index contributed by atoms with van der Waals surface area (Å²) in [5.41, 5.74) is 12.2. The van der Waals surface area contributed by atoms with E-state index in [2.05, 4.69) is 241 Å². The van der Waals surface area contributed by atoms with Crippen molar-refractivity contribution in [2.75, 3.05) is 4.90 Å². The lowest BCUT2D eigenvalue weighted by Gasteiger charge is -2.26. The first kappa shape index (κ1) is 36.2. The quantitative estimate of drug-likeness (QED) is 0.156. The van der Waals surface area contributed by atoms with Crippen molar-refractivity contribution < 1.29 is 4.42 Å². The van der Waals surface area contributed by atoms with Crippen molar-refractivity contribution in [3.63, 3.8) is 0 Å². The zero-order valence-corrected chi connectivity index (χ0v) is 34.9. The van der Waals surface area contributed by atoms with Gasteiger partial charge in [-0.1, -0.05) is 182 Å². The molecule has 0 fully saturated rings. The Morgan fingerprint density at radius 2 is 0.750 bits per heavy atom. The van der Waals surface area contributed by atoms with Crippen LogP contribution in [0.5, 0.6) is 0 Å². The molecule has 0 N–H and O–H groups in total. The van der Waals surface area contributed by atoms with Crippen molar-refractivity contribution in [1.82, 2.24) is 0 Å². The van der Waals surface area contributed by atoms with Crippen LogP contribution >= 0.6 is 0 Å². The fourth-order valence-corrected chi connectivity index (χ4v) is 10.2. The van der Waals surface area contributed by atoms with Crippen molar-refractivity contribution in [2.45, 2.75) is 0 Å². The van der Waals surface area contributed by atoms with E-state index in [4.69, 9.17) is 4.42 Å². The summed E-state index contributed by atoms with van der Waals surface area (Å²) in [7, 11) is 0. The molecule has 0 aliphatic rings. The van der Waals surface area contributed by atoms with Crippen LogP contribution < -0.4 is 4.90 Å². The Kier molecular flexibility index (Phi) is 8.25. The van der Waals surface area contributed by atoms with E-state index >= 15 is 0 Å². The topological polar surface area (TPSA) is 16.4 Å². The molecule has 0 amide bonds. The molecule has 0 bridgehead atoms. The van der Waals surface area contributed by atoms with Gasteiger partial charge in [-0.2, -0.15) is 0 Å². The summed E-state index contributed by atoms with van der Waals surface area (Å²) in [5, 5.41) is 14.4. The van der Waals surface area contributed by atoms with Gasteiger partial charge in [0.25, 0.3) is 0 Å². The molecule has 0 saturated heterocycles. The van der Waals surface area contributed by atoms with Crippen molar-refractivity contribution in [3.8, 4) is 33.4 Å². The molecule has 0 spiro atoms. The van der Waals surface area contributed by atoms with Gasteiger partial charge in [-0.25, -0.2) is 0 Å². The Hall–Kier alpha value is -8.46. The Morgan fingerprint density at radius 3 is 1.53 bits per heavy atom.